The second kappa shape index (κ2) is 3.71. The maximum Gasteiger partial charge on any atom is 0.134 e. The van der Waals surface area contributed by atoms with Gasteiger partial charge in [-0.3, -0.25) is 4.79 Å². The molecular formula is C8H17NO. The Morgan fingerprint density at radius 2 is 1.70 bits per heavy atom. The lowest BCUT2D eigenvalue weighted by molar-refractivity contribution is -0.122. The van der Waals surface area contributed by atoms with E-state index in [-0.39, 0.29) is 17.7 Å². The molecule has 0 amide bonds. The summed E-state index contributed by atoms with van der Waals surface area (Å²) in [6.07, 6.45) is 0. The number of rotatable bonds is 3. The van der Waals surface area contributed by atoms with Crippen LogP contribution in [-0.2, 0) is 4.79 Å². The van der Waals surface area contributed by atoms with Gasteiger partial charge in [-0.1, -0.05) is 13.8 Å². The summed E-state index contributed by atoms with van der Waals surface area (Å²) in [6, 6.07) is -0.0162. The van der Waals surface area contributed by atoms with E-state index in [1.807, 2.05) is 20.8 Å². The van der Waals surface area contributed by atoms with Gasteiger partial charge in [0.15, 0.2) is 0 Å². The molecule has 0 aromatic heterocycles. The van der Waals surface area contributed by atoms with Crippen molar-refractivity contribution in [1.29, 1.82) is 0 Å². The zero-order valence-electron chi connectivity index (χ0n) is 7.22. The summed E-state index contributed by atoms with van der Waals surface area (Å²) >= 11 is 0. The molecule has 2 N–H and O–H groups in total. The van der Waals surface area contributed by atoms with E-state index in [1.165, 1.54) is 0 Å². The summed E-state index contributed by atoms with van der Waals surface area (Å²) in [5, 5.41) is 0. The predicted octanol–water partition coefficient (Wildman–Crippen LogP) is 1.19. The van der Waals surface area contributed by atoms with E-state index in [0.717, 1.165) is 0 Å². The lowest BCUT2D eigenvalue weighted by Crippen LogP contribution is -2.35. The van der Waals surface area contributed by atoms with E-state index in [2.05, 4.69) is 0 Å². The molecule has 0 aliphatic rings. The topological polar surface area (TPSA) is 43.1 Å². The highest BCUT2D eigenvalue weighted by Gasteiger charge is 2.21. The zero-order chi connectivity index (χ0) is 8.31. The molecule has 2 unspecified atom stereocenters. The first-order valence-electron chi connectivity index (χ1n) is 3.72. The van der Waals surface area contributed by atoms with Crippen molar-refractivity contribution in [3.8, 4) is 0 Å². The van der Waals surface area contributed by atoms with Crippen molar-refractivity contribution in [1.82, 2.24) is 0 Å². The van der Waals surface area contributed by atoms with Crippen LogP contribution in [0.15, 0.2) is 0 Å². The molecule has 2 atom stereocenters. The number of ketones is 1. The Labute approximate surface area is 62.8 Å². The Balaban J connectivity index is 4.12. The third-order valence-corrected chi connectivity index (χ3v) is 1.75. The number of hydrogen-bond acceptors (Lipinski definition) is 2. The highest BCUT2D eigenvalue weighted by atomic mass is 16.1. The lowest BCUT2D eigenvalue weighted by Gasteiger charge is -2.21. The molecule has 10 heavy (non-hydrogen) atoms. The molecule has 60 valence electrons. The minimum absolute atomic E-state index is 0.0162. The van der Waals surface area contributed by atoms with E-state index in [4.69, 9.17) is 5.73 Å². The van der Waals surface area contributed by atoms with Crippen molar-refractivity contribution in [3.63, 3.8) is 0 Å². The Morgan fingerprint density at radius 1 is 1.30 bits per heavy atom. The second-order valence-corrected chi connectivity index (χ2v) is 3.24. The van der Waals surface area contributed by atoms with E-state index < -0.39 is 0 Å². The maximum absolute atomic E-state index is 10.9. The van der Waals surface area contributed by atoms with Crippen LogP contribution >= 0.6 is 0 Å². The van der Waals surface area contributed by atoms with E-state index in [1.54, 1.807) is 6.92 Å². The molecule has 0 spiro atoms. The molecule has 0 radical (unpaired) electrons. The van der Waals surface area contributed by atoms with E-state index in [0.29, 0.717) is 5.92 Å². The maximum atomic E-state index is 10.9. The Morgan fingerprint density at radius 3 is 1.70 bits per heavy atom. The summed E-state index contributed by atoms with van der Waals surface area (Å²) in [4.78, 5) is 10.9. The van der Waals surface area contributed by atoms with Gasteiger partial charge in [0.2, 0.25) is 0 Å². The van der Waals surface area contributed by atoms with Gasteiger partial charge in [0, 0.05) is 12.0 Å². The average Bonchev–Trinajstić information content (AvgIpc) is 1.59. The second-order valence-electron chi connectivity index (χ2n) is 3.24. The van der Waals surface area contributed by atoms with Crippen LogP contribution in [0, 0.1) is 11.8 Å². The van der Waals surface area contributed by atoms with Gasteiger partial charge in [0.1, 0.15) is 5.78 Å². The molecular weight excluding hydrogens is 126 g/mol. The number of carbonyl (C=O) groups excluding carboxylic acids is 1. The minimum atomic E-state index is -0.0162. The van der Waals surface area contributed by atoms with Gasteiger partial charge in [0.25, 0.3) is 0 Å². The van der Waals surface area contributed by atoms with Gasteiger partial charge < -0.3 is 5.73 Å². The summed E-state index contributed by atoms with van der Waals surface area (Å²) in [6.45, 7) is 7.53. The molecule has 2 heteroatoms. The highest BCUT2D eigenvalue weighted by molar-refractivity contribution is 5.79. The molecule has 0 aromatic carbocycles. The van der Waals surface area contributed by atoms with Gasteiger partial charge in [-0.2, -0.15) is 0 Å². The third-order valence-electron chi connectivity index (χ3n) is 1.75. The van der Waals surface area contributed by atoms with E-state index in [9.17, 15) is 4.79 Å². The normalized spacial score (nSPS) is 17.0. The van der Waals surface area contributed by atoms with Crippen LogP contribution in [0.5, 0.6) is 0 Å². The Bertz CT molecular complexity index is 110. The van der Waals surface area contributed by atoms with Crippen molar-refractivity contribution in [2.45, 2.75) is 33.7 Å². The minimum Gasteiger partial charge on any atom is -0.327 e. The molecule has 0 saturated heterocycles. The van der Waals surface area contributed by atoms with Crippen molar-refractivity contribution in [2.75, 3.05) is 0 Å². The first kappa shape index (κ1) is 9.63. The highest BCUT2D eigenvalue weighted by Crippen LogP contribution is 2.14. The van der Waals surface area contributed by atoms with Crippen LogP contribution in [-0.4, -0.2) is 11.8 Å². The van der Waals surface area contributed by atoms with E-state index >= 15 is 0 Å². The molecule has 0 heterocycles. The molecule has 0 bridgehead atoms. The fourth-order valence-electron chi connectivity index (χ4n) is 1.45. The summed E-state index contributed by atoms with van der Waals surface area (Å²) in [5.41, 5.74) is 5.62. The molecule has 0 aromatic rings. The standard InChI is InChI=1S/C8H17NO/c1-5(2)8(6(3)9)7(4)10/h5-6,8H,9H2,1-4H3. The molecule has 2 nitrogen and oxygen atoms in total. The molecule has 0 fully saturated rings. The predicted molar refractivity (Wildman–Crippen MR) is 42.7 cm³/mol. The van der Waals surface area contributed by atoms with Crippen LogP contribution in [0.1, 0.15) is 27.7 Å². The van der Waals surface area contributed by atoms with Gasteiger partial charge in [0.05, 0.1) is 0 Å². The zero-order valence-corrected chi connectivity index (χ0v) is 7.22. The molecule has 0 rings (SSSR count). The van der Waals surface area contributed by atoms with Crippen molar-refractivity contribution < 1.29 is 4.79 Å². The van der Waals surface area contributed by atoms with Crippen molar-refractivity contribution in [2.24, 2.45) is 17.6 Å². The number of hydrogen-bond donors (Lipinski definition) is 1. The van der Waals surface area contributed by atoms with Gasteiger partial charge in [-0.15, -0.1) is 0 Å². The SMILES string of the molecule is CC(=O)C(C(C)C)C(C)N. The largest absolute Gasteiger partial charge is 0.327 e. The monoisotopic (exact) mass is 143 g/mol. The molecule has 0 aliphatic heterocycles. The van der Waals surface area contributed by atoms with Crippen LogP contribution in [0.4, 0.5) is 0 Å². The first-order valence-corrected chi connectivity index (χ1v) is 3.72. The fourth-order valence-corrected chi connectivity index (χ4v) is 1.45. The summed E-state index contributed by atoms with van der Waals surface area (Å²) < 4.78 is 0. The summed E-state index contributed by atoms with van der Waals surface area (Å²) in [5.74, 6) is 0.586. The van der Waals surface area contributed by atoms with Gasteiger partial charge in [-0.25, -0.2) is 0 Å². The summed E-state index contributed by atoms with van der Waals surface area (Å²) in [7, 11) is 0. The Hall–Kier alpha value is -0.370. The van der Waals surface area contributed by atoms with Gasteiger partial charge >= 0.3 is 0 Å². The number of Topliss-reactive ketones (excluding diaryl/α,β-unsaturated/α-hetero) is 1. The fraction of sp³-hybridized carbons (Fsp3) is 0.875. The quantitative estimate of drug-likeness (QED) is 0.645. The van der Waals surface area contributed by atoms with Gasteiger partial charge in [-0.05, 0) is 19.8 Å². The van der Waals surface area contributed by atoms with Crippen molar-refractivity contribution in [3.05, 3.63) is 0 Å². The lowest BCUT2D eigenvalue weighted by atomic mass is 9.87. The average molecular weight is 143 g/mol. The van der Waals surface area contributed by atoms with Crippen LogP contribution in [0.2, 0.25) is 0 Å². The first-order chi connectivity index (χ1) is 4.46. The number of carbonyl (C=O) groups is 1. The smallest absolute Gasteiger partial charge is 0.134 e. The van der Waals surface area contributed by atoms with Crippen molar-refractivity contribution >= 4 is 5.78 Å². The van der Waals surface area contributed by atoms with Crippen LogP contribution in [0.3, 0.4) is 0 Å². The molecule has 0 saturated carbocycles. The number of nitrogens with two attached hydrogens (primary N) is 1. The molecule has 0 aliphatic carbocycles. The Kier molecular flexibility index (Phi) is 3.58. The third kappa shape index (κ3) is 2.48. The van der Waals surface area contributed by atoms with Crippen LogP contribution < -0.4 is 5.73 Å². The van der Waals surface area contributed by atoms with Crippen LogP contribution in [0.25, 0.3) is 0 Å².